The molecule has 0 aromatic heterocycles. The van der Waals surface area contributed by atoms with Crippen LogP contribution in [0.1, 0.15) is 43.9 Å². The van der Waals surface area contributed by atoms with Crippen LogP contribution in [0, 0.1) is 6.92 Å². The lowest BCUT2D eigenvalue weighted by molar-refractivity contribution is 1.12. The lowest BCUT2D eigenvalue weighted by Gasteiger charge is -2.04. The number of benzene rings is 1. The number of rotatable bonds is 5. The van der Waals surface area contributed by atoms with Crippen LogP contribution in [0.5, 0.6) is 0 Å². The Morgan fingerprint density at radius 1 is 1.17 bits per heavy atom. The van der Waals surface area contributed by atoms with Crippen molar-refractivity contribution in [2.75, 3.05) is 0 Å². The van der Waals surface area contributed by atoms with Crippen LogP contribution in [0.3, 0.4) is 0 Å². The van der Waals surface area contributed by atoms with Gasteiger partial charge in [-0.2, -0.15) is 0 Å². The molecule has 1 aromatic carbocycles. The zero-order valence-electron chi connectivity index (χ0n) is 12.0. The van der Waals surface area contributed by atoms with Gasteiger partial charge >= 0.3 is 0 Å². The first-order valence-electron chi connectivity index (χ1n) is 6.81. The Morgan fingerprint density at radius 3 is 2.56 bits per heavy atom. The zero-order chi connectivity index (χ0) is 13.4. The Morgan fingerprint density at radius 2 is 1.94 bits per heavy atom. The molecule has 1 aromatic rings. The first kappa shape index (κ1) is 14.5. The van der Waals surface area contributed by atoms with Crippen LogP contribution in [0.15, 0.2) is 48.1 Å². The van der Waals surface area contributed by atoms with Gasteiger partial charge in [-0.1, -0.05) is 68.0 Å². The van der Waals surface area contributed by atoms with Crippen LogP contribution in [-0.2, 0) is 6.42 Å². The van der Waals surface area contributed by atoms with Gasteiger partial charge in [-0.05, 0) is 43.4 Å². The topological polar surface area (TPSA) is 0 Å². The molecule has 0 heteroatoms. The number of aryl methyl sites for hydroxylation is 2. The molecule has 18 heavy (non-hydrogen) atoms. The van der Waals surface area contributed by atoms with Gasteiger partial charge in [0.25, 0.3) is 0 Å². The van der Waals surface area contributed by atoms with E-state index < -0.39 is 0 Å². The van der Waals surface area contributed by atoms with Gasteiger partial charge in [-0.25, -0.2) is 0 Å². The Bertz CT molecular complexity index is 459. The summed E-state index contributed by atoms with van der Waals surface area (Å²) in [5.41, 5.74) is 5.36. The number of allylic oxidation sites excluding steroid dienone is 5. The van der Waals surface area contributed by atoms with Crippen LogP contribution < -0.4 is 0 Å². The molecule has 0 N–H and O–H groups in total. The molecule has 0 amide bonds. The van der Waals surface area contributed by atoms with Gasteiger partial charge in [-0.15, -0.1) is 0 Å². The summed E-state index contributed by atoms with van der Waals surface area (Å²) in [6, 6.07) is 6.67. The van der Waals surface area contributed by atoms with Crippen molar-refractivity contribution in [3.8, 4) is 0 Å². The summed E-state index contributed by atoms with van der Waals surface area (Å²) in [6.45, 7) is 8.58. The highest BCUT2D eigenvalue weighted by molar-refractivity contribution is 5.58. The smallest absolute Gasteiger partial charge is 0.0224 e. The molecule has 0 atom stereocenters. The van der Waals surface area contributed by atoms with E-state index in [1.54, 1.807) is 0 Å². The largest absolute Gasteiger partial charge is 0.0871 e. The van der Waals surface area contributed by atoms with Gasteiger partial charge in [0.05, 0.1) is 0 Å². The number of hydrogen-bond acceptors (Lipinski definition) is 0. The molecule has 0 aliphatic heterocycles. The third-order valence-electron chi connectivity index (χ3n) is 2.93. The van der Waals surface area contributed by atoms with E-state index in [-0.39, 0.29) is 0 Å². The van der Waals surface area contributed by atoms with Crippen LogP contribution in [0.4, 0.5) is 0 Å². The van der Waals surface area contributed by atoms with Crippen molar-refractivity contribution in [2.24, 2.45) is 0 Å². The first-order chi connectivity index (χ1) is 8.71. The van der Waals surface area contributed by atoms with Crippen molar-refractivity contribution in [1.82, 2.24) is 0 Å². The minimum Gasteiger partial charge on any atom is -0.0871 e. The van der Waals surface area contributed by atoms with E-state index in [2.05, 4.69) is 76.3 Å². The zero-order valence-corrected chi connectivity index (χ0v) is 12.0. The van der Waals surface area contributed by atoms with Crippen LogP contribution in [0.25, 0.3) is 6.08 Å². The van der Waals surface area contributed by atoms with E-state index in [4.69, 9.17) is 0 Å². The fraction of sp³-hybridized carbons (Fsp3) is 0.333. The van der Waals surface area contributed by atoms with Crippen molar-refractivity contribution >= 4 is 6.08 Å². The molecule has 0 radical (unpaired) electrons. The van der Waals surface area contributed by atoms with Gasteiger partial charge in [0.1, 0.15) is 0 Å². The lowest BCUT2D eigenvalue weighted by atomic mass is 10.0. The fourth-order valence-electron chi connectivity index (χ4n) is 2.01. The van der Waals surface area contributed by atoms with Gasteiger partial charge < -0.3 is 0 Å². The van der Waals surface area contributed by atoms with Crippen molar-refractivity contribution in [3.63, 3.8) is 0 Å². The normalized spacial score (nSPS) is 12.8. The van der Waals surface area contributed by atoms with Crippen molar-refractivity contribution in [1.29, 1.82) is 0 Å². The molecule has 0 saturated heterocycles. The second-order valence-electron chi connectivity index (χ2n) is 4.50. The molecule has 0 aliphatic rings. The SMILES string of the molecule is C\C=C/C(/C=C/c1ccc(C)cc1CC)=C\CC. The Kier molecular flexibility index (Phi) is 6.21. The quantitative estimate of drug-likeness (QED) is 0.597. The highest BCUT2D eigenvalue weighted by Gasteiger charge is 1.97. The van der Waals surface area contributed by atoms with Crippen LogP contribution in [-0.4, -0.2) is 0 Å². The fourth-order valence-corrected chi connectivity index (χ4v) is 2.01. The van der Waals surface area contributed by atoms with E-state index in [1.165, 1.54) is 22.3 Å². The predicted molar refractivity (Wildman–Crippen MR) is 82.8 cm³/mol. The molecule has 0 heterocycles. The third-order valence-corrected chi connectivity index (χ3v) is 2.93. The second-order valence-corrected chi connectivity index (χ2v) is 4.50. The molecule has 0 bridgehead atoms. The maximum Gasteiger partial charge on any atom is -0.0224 e. The molecule has 0 spiro atoms. The van der Waals surface area contributed by atoms with E-state index in [9.17, 15) is 0 Å². The van der Waals surface area contributed by atoms with Crippen LogP contribution >= 0.6 is 0 Å². The summed E-state index contributed by atoms with van der Waals surface area (Å²) in [5.74, 6) is 0. The second kappa shape index (κ2) is 7.71. The van der Waals surface area contributed by atoms with Gasteiger partial charge in [-0.3, -0.25) is 0 Å². The lowest BCUT2D eigenvalue weighted by Crippen LogP contribution is -1.87. The third kappa shape index (κ3) is 4.37. The van der Waals surface area contributed by atoms with E-state index in [0.717, 1.165) is 12.8 Å². The predicted octanol–water partition coefficient (Wildman–Crippen LogP) is 5.48. The van der Waals surface area contributed by atoms with Gasteiger partial charge in [0.15, 0.2) is 0 Å². The molecular formula is C18H24. The molecule has 1 rings (SSSR count). The first-order valence-corrected chi connectivity index (χ1v) is 6.81. The van der Waals surface area contributed by atoms with E-state index in [1.807, 2.05) is 0 Å². The average molecular weight is 240 g/mol. The molecule has 0 nitrogen and oxygen atoms in total. The summed E-state index contributed by atoms with van der Waals surface area (Å²) in [6.07, 6.45) is 13.1. The van der Waals surface area contributed by atoms with Crippen molar-refractivity contribution < 1.29 is 0 Å². The summed E-state index contributed by atoms with van der Waals surface area (Å²) < 4.78 is 0. The standard InChI is InChI=1S/C18H24/c1-5-8-16(9-6-2)11-13-18-12-10-15(4)14-17(18)7-3/h5,8-14H,6-7H2,1-4H3/b8-5-,13-11+,16-9+. The van der Waals surface area contributed by atoms with Gasteiger partial charge in [0.2, 0.25) is 0 Å². The minimum absolute atomic E-state index is 1.07. The van der Waals surface area contributed by atoms with E-state index in [0.29, 0.717) is 0 Å². The molecular weight excluding hydrogens is 216 g/mol. The molecule has 0 fully saturated rings. The molecule has 96 valence electrons. The highest BCUT2D eigenvalue weighted by atomic mass is 14.0. The average Bonchev–Trinajstić information content (AvgIpc) is 2.37. The summed E-state index contributed by atoms with van der Waals surface area (Å²) in [5, 5.41) is 0. The summed E-state index contributed by atoms with van der Waals surface area (Å²) in [4.78, 5) is 0. The molecule has 0 saturated carbocycles. The van der Waals surface area contributed by atoms with Crippen molar-refractivity contribution in [2.45, 2.75) is 40.5 Å². The molecule has 0 unspecified atom stereocenters. The maximum atomic E-state index is 2.28. The monoisotopic (exact) mass is 240 g/mol. The van der Waals surface area contributed by atoms with Crippen molar-refractivity contribution in [3.05, 3.63) is 64.8 Å². The summed E-state index contributed by atoms with van der Waals surface area (Å²) >= 11 is 0. The maximum absolute atomic E-state index is 2.28. The van der Waals surface area contributed by atoms with Gasteiger partial charge in [0, 0.05) is 0 Å². The Labute approximate surface area is 112 Å². The molecule has 0 aliphatic carbocycles. The van der Waals surface area contributed by atoms with E-state index >= 15 is 0 Å². The number of hydrogen-bond donors (Lipinski definition) is 0. The Hall–Kier alpha value is -1.56. The van der Waals surface area contributed by atoms with Crippen LogP contribution in [0.2, 0.25) is 0 Å². The Balaban J connectivity index is 2.99. The highest BCUT2D eigenvalue weighted by Crippen LogP contribution is 2.15. The minimum atomic E-state index is 1.07. The summed E-state index contributed by atoms with van der Waals surface area (Å²) in [7, 11) is 0.